The van der Waals surface area contributed by atoms with Crippen molar-refractivity contribution in [3.05, 3.63) is 40.7 Å². The van der Waals surface area contributed by atoms with Gasteiger partial charge in [0, 0.05) is 12.1 Å². The Kier molecular flexibility index (Phi) is 4.02. The van der Waals surface area contributed by atoms with Crippen molar-refractivity contribution in [2.45, 2.75) is 33.7 Å². The summed E-state index contributed by atoms with van der Waals surface area (Å²) in [4.78, 5) is 19.6. The molecule has 6 heteroatoms. The first-order valence-electron chi connectivity index (χ1n) is 6.40. The molecule has 0 aliphatic heterocycles. The molecule has 106 valence electrons. The van der Waals surface area contributed by atoms with Crippen molar-refractivity contribution in [3.8, 4) is 0 Å². The minimum atomic E-state index is -1.00. The number of pyridine rings is 1. The average Bonchev–Trinajstić information content (AvgIpc) is 2.82. The SMILES string of the molecule is CCc1cnc(CNc2nc(C)cc(C)c2C(=O)O)o1. The fourth-order valence-electron chi connectivity index (χ4n) is 1.99. The smallest absolute Gasteiger partial charge is 0.339 e. The summed E-state index contributed by atoms with van der Waals surface area (Å²) in [7, 11) is 0. The van der Waals surface area contributed by atoms with Gasteiger partial charge in [-0.3, -0.25) is 0 Å². The highest BCUT2D eigenvalue weighted by molar-refractivity contribution is 5.94. The van der Waals surface area contributed by atoms with E-state index in [0.717, 1.165) is 17.9 Å². The Morgan fingerprint density at radius 2 is 2.20 bits per heavy atom. The van der Waals surface area contributed by atoms with Gasteiger partial charge in [-0.2, -0.15) is 0 Å². The predicted octanol–water partition coefficient (Wildman–Crippen LogP) is 2.56. The van der Waals surface area contributed by atoms with Gasteiger partial charge in [-0.1, -0.05) is 6.92 Å². The van der Waals surface area contributed by atoms with Crippen LogP contribution in [0.1, 0.15) is 40.2 Å². The third kappa shape index (κ3) is 2.96. The fraction of sp³-hybridized carbons (Fsp3) is 0.357. The second-order valence-electron chi connectivity index (χ2n) is 4.54. The molecule has 2 heterocycles. The molecular weight excluding hydrogens is 258 g/mol. The lowest BCUT2D eigenvalue weighted by molar-refractivity contribution is 0.0696. The maximum absolute atomic E-state index is 11.3. The molecule has 0 atom stereocenters. The van der Waals surface area contributed by atoms with Gasteiger partial charge in [-0.05, 0) is 25.5 Å². The molecule has 0 saturated heterocycles. The quantitative estimate of drug-likeness (QED) is 0.871. The Bertz CT molecular complexity index is 635. The van der Waals surface area contributed by atoms with Gasteiger partial charge in [0.2, 0.25) is 5.89 Å². The number of anilines is 1. The molecule has 2 aromatic rings. The molecule has 6 nitrogen and oxygen atoms in total. The van der Waals surface area contributed by atoms with E-state index in [0.29, 0.717) is 23.8 Å². The van der Waals surface area contributed by atoms with E-state index in [1.165, 1.54) is 0 Å². The topological polar surface area (TPSA) is 88.2 Å². The zero-order valence-electron chi connectivity index (χ0n) is 11.7. The van der Waals surface area contributed by atoms with Crippen LogP contribution < -0.4 is 5.32 Å². The summed E-state index contributed by atoms with van der Waals surface area (Å²) < 4.78 is 5.47. The highest BCUT2D eigenvalue weighted by Crippen LogP contribution is 2.19. The molecule has 0 saturated carbocycles. The minimum absolute atomic E-state index is 0.179. The van der Waals surface area contributed by atoms with Gasteiger partial charge in [-0.25, -0.2) is 14.8 Å². The molecule has 20 heavy (non-hydrogen) atoms. The van der Waals surface area contributed by atoms with E-state index in [1.54, 1.807) is 19.2 Å². The minimum Gasteiger partial charge on any atom is -0.478 e. The van der Waals surface area contributed by atoms with Crippen LogP contribution >= 0.6 is 0 Å². The van der Waals surface area contributed by atoms with Crippen LogP contribution in [0.2, 0.25) is 0 Å². The van der Waals surface area contributed by atoms with Crippen molar-refractivity contribution in [3.63, 3.8) is 0 Å². The molecule has 0 fully saturated rings. The Hall–Kier alpha value is -2.37. The van der Waals surface area contributed by atoms with Gasteiger partial charge in [0.25, 0.3) is 0 Å². The van der Waals surface area contributed by atoms with E-state index < -0.39 is 5.97 Å². The van der Waals surface area contributed by atoms with Crippen LogP contribution in [0.4, 0.5) is 5.82 Å². The molecule has 2 aromatic heterocycles. The Balaban J connectivity index is 2.22. The van der Waals surface area contributed by atoms with Crippen LogP contribution in [-0.4, -0.2) is 21.0 Å². The summed E-state index contributed by atoms with van der Waals surface area (Å²) in [5, 5.41) is 12.2. The van der Waals surface area contributed by atoms with E-state index in [-0.39, 0.29) is 5.56 Å². The van der Waals surface area contributed by atoms with E-state index >= 15 is 0 Å². The maximum atomic E-state index is 11.3. The summed E-state index contributed by atoms with van der Waals surface area (Å²) in [6.07, 6.45) is 2.44. The molecule has 0 aromatic carbocycles. The second-order valence-corrected chi connectivity index (χ2v) is 4.54. The van der Waals surface area contributed by atoms with Crippen LogP contribution in [0.15, 0.2) is 16.7 Å². The first kappa shape index (κ1) is 14.0. The molecule has 0 amide bonds. The van der Waals surface area contributed by atoms with Gasteiger partial charge in [0.05, 0.1) is 12.7 Å². The van der Waals surface area contributed by atoms with Crippen LogP contribution in [0.5, 0.6) is 0 Å². The average molecular weight is 275 g/mol. The number of carboxylic acid groups (broad SMARTS) is 1. The lowest BCUT2D eigenvalue weighted by Crippen LogP contribution is -2.11. The summed E-state index contributed by atoms with van der Waals surface area (Å²) in [5.41, 5.74) is 1.61. The highest BCUT2D eigenvalue weighted by Gasteiger charge is 2.16. The third-order valence-corrected chi connectivity index (χ3v) is 2.92. The summed E-state index contributed by atoms with van der Waals surface area (Å²) >= 11 is 0. The standard InChI is InChI=1S/C14H17N3O3/c1-4-10-6-15-11(20-10)7-16-13-12(14(18)19)8(2)5-9(3)17-13/h5-6H,4,7H2,1-3H3,(H,16,17)(H,18,19). The molecule has 0 radical (unpaired) electrons. The summed E-state index contributed by atoms with van der Waals surface area (Å²) in [6.45, 7) is 5.86. The van der Waals surface area contributed by atoms with Crippen molar-refractivity contribution in [2.24, 2.45) is 0 Å². The van der Waals surface area contributed by atoms with Gasteiger partial charge in [0.1, 0.15) is 17.1 Å². The van der Waals surface area contributed by atoms with Gasteiger partial charge >= 0.3 is 5.97 Å². The molecule has 2 N–H and O–H groups in total. The lowest BCUT2D eigenvalue weighted by atomic mass is 10.1. The number of hydrogen-bond donors (Lipinski definition) is 2. The van der Waals surface area contributed by atoms with E-state index in [1.807, 2.05) is 13.8 Å². The Labute approximate surface area is 116 Å². The molecule has 0 unspecified atom stereocenters. The molecule has 0 spiro atoms. The number of carboxylic acids is 1. The number of oxazole rings is 1. The molecule has 0 bridgehead atoms. The predicted molar refractivity (Wildman–Crippen MR) is 73.9 cm³/mol. The van der Waals surface area contributed by atoms with Crippen molar-refractivity contribution < 1.29 is 14.3 Å². The lowest BCUT2D eigenvalue weighted by Gasteiger charge is -2.10. The summed E-state index contributed by atoms with van der Waals surface area (Å²) in [6, 6.07) is 1.75. The number of aromatic carboxylic acids is 1. The van der Waals surface area contributed by atoms with Crippen LogP contribution in [0.3, 0.4) is 0 Å². The van der Waals surface area contributed by atoms with Crippen molar-refractivity contribution in [1.82, 2.24) is 9.97 Å². The van der Waals surface area contributed by atoms with Crippen molar-refractivity contribution in [2.75, 3.05) is 5.32 Å². The number of carbonyl (C=O) groups is 1. The van der Waals surface area contributed by atoms with Crippen LogP contribution in [0, 0.1) is 13.8 Å². The monoisotopic (exact) mass is 275 g/mol. The number of aromatic nitrogens is 2. The zero-order chi connectivity index (χ0) is 14.7. The highest BCUT2D eigenvalue weighted by atomic mass is 16.4. The molecule has 0 aliphatic rings. The summed E-state index contributed by atoms with van der Waals surface area (Å²) in [5.74, 6) is 0.651. The van der Waals surface area contributed by atoms with Crippen molar-refractivity contribution in [1.29, 1.82) is 0 Å². The Morgan fingerprint density at radius 1 is 1.45 bits per heavy atom. The number of nitrogens with one attached hydrogen (secondary N) is 1. The van der Waals surface area contributed by atoms with Crippen LogP contribution in [-0.2, 0) is 13.0 Å². The maximum Gasteiger partial charge on any atom is 0.339 e. The molecular formula is C14H17N3O3. The van der Waals surface area contributed by atoms with Crippen LogP contribution in [0.25, 0.3) is 0 Å². The second kappa shape index (κ2) is 5.73. The van der Waals surface area contributed by atoms with E-state index in [4.69, 9.17) is 4.42 Å². The van der Waals surface area contributed by atoms with E-state index in [9.17, 15) is 9.90 Å². The fourth-order valence-corrected chi connectivity index (χ4v) is 1.99. The largest absolute Gasteiger partial charge is 0.478 e. The third-order valence-electron chi connectivity index (χ3n) is 2.92. The number of nitrogens with zero attached hydrogens (tertiary/aromatic N) is 2. The van der Waals surface area contributed by atoms with Gasteiger partial charge in [0.15, 0.2) is 0 Å². The normalized spacial score (nSPS) is 10.6. The number of hydrogen-bond acceptors (Lipinski definition) is 5. The zero-order valence-corrected chi connectivity index (χ0v) is 11.7. The Morgan fingerprint density at radius 3 is 2.80 bits per heavy atom. The number of aryl methyl sites for hydroxylation is 3. The first-order valence-corrected chi connectivity index (χ1v) is 6.40. The molecule has 0 aliphatic carbocycles. The molecule has 2 rings (SSSR count). The number of rotatable bonds is 5. The van der Waals surface area contributed by atoms with Gasteiger partial charge in [-0.15, -0.1) is 0 Å². The van der Waals surface area contributed by atoms with Gasteiger partial charge < -0.3 is 14.8 Å². The first-order chi connectivity index (χ1) is 9.51. The van der Waals surface area contributed by atoms with Crippen molar-refractivity contribution >= 4 is 11.8 Å². The van der Waals surface area contributed by atoms with E-state index in [2.05, 4.69) is 15.3 Å².